The van der Waals surface area contributed by atoms with Crippen LogP contribution in [-0.2, 0) is 0 Å². The van der Waals surface area contributed by atoms with E-state index in [1.54, 1.807) is 6.07 Å². The Balaban J connectivity index is 2.17. The number of hydrogen-bond donors (Lipinski definition) is 2. The van der Waals surface area contributed by atoms with Gasteiger partial charge in [-0.25, -0.2) is 0 Å². The predicted octanol–water partition coefficient (Wildman–Crippen LogP) is 2.57. The van der Waals surface area contributed by atoms with Crippen molar-refractivity contribution in [2.24, 2.45) is 0 Å². The summed E-state index contributed by atoms with van der Waals surface area (Å²) in [5, 5.41) is 33.0. The van der Waals surface area contributed by atoms with Crippen LogP contribution in [0.5, 0.6) is 0 Å². The highest BCUT2D eigenvalue weighted by Crippen LogP contribution is 2.25. The van der Waals surface area contributed by atoms with Crippen molar-refractivity contribution < 1.29 is 10.0 Å². The highest BCUT2D eigenvalue weighted by Gasteiger charge is 2.22. The molecule has 1 aromatic rings. The molecule has 106 valence electrons. The maximum absolute atomic E-state index is 10.8. The minimum absolute atomic E-state index is 0.0307. The standard InChI is InChI=1S/C14H17N3O3/c15-9-10-8-11(6-7-13(10)17(19)20)16-12-4-2-1-3-5-14(12)18/h6-8,12,14,16,18H,1-5H2. The number of nitro groups is 1. The number of aliphatic hydroxyl groups is 1. The Bertz CT molecular complexity index is 539. The molecule has 2 atom stereocenters. The van der Waals surface area contributed by atoms with Crippen molar-refractivity contribution in [3.8, 4) is 6.07 Å². The van der Waals surface area contributed by atoms with Crippen molar-refractivity contribution in [2.75, 3.05) is 5.32 Å². The Kier molecular flexibility index (Phi) is 4.53. The van der Waals surface area contributed by atoms with Gasteiger partial charge < -0.3 is 10.4 Å². The SMILES string of the molecule is N#Cc1cc(NC2CCCCCC2O)ccc1[N+](=O)[O-]. The van der Waals surface area contributed by atoms with Gasteiger partial charge in [0.1, 0.15) is 11.6 Å². The van der Waals surface area contributed by atoms with E-state index in [4.69, 9.17) is 5.26 Å². The molecule has 0 aliphatic heterocycles. The number of benzene rings is 1. The molecule has 2 N–H and O–H groups in total. The van der Waals surface area contributed by atoms with Crippen LogP contribution < -0.4 is 5.32 Å². The first-order chi connectivity index (χ1) is 9.61. The Morgan fingerprint density at radius 1 is 1.35 bits per heavy atom. The van der Waals surface area contributed by atoms with Gasteiger partial charge in [-0.1, -0.05) is 19.3 Å². The first-order valence-electron chi connectivity index (χ1n) is 6.75. The first kappa shape index (κ1) is 14.3. The minimum Gasteiger partial charge on any atom is -0.391 e. The van der Waals surface area contributed by atoms with Crippen LogP contribution in [0.15, 0.2) is 18.2 Å². The molecule has 0 radical (unpaired) electrons. The molecule has 0 amide bonds. The topological polar surface area (TPSA) is 99.2 Å². The Morgan fingerprint density at radius 3 is 2.80 bits per heavy atom. The van der Waals surface area contributed by atoms with Crippen molar-refractivity contribution in [1.82, 2.24) is 0 Å². The molecular weight excluding hydrogens is 258 g/mol. The third kappa shape index (κ3) is 3.25. The summed E-state index contributed by atoms with van der Waals surface area (Å²) < 4.78 is 0. The minimum atomic E-state index is -0.567. The number of nitrogens with zero attached hydrogens (tertiary/aromatic N) is 2. The first-order valence-corrected chi connectivity index (χ1v) is 6.75. The molecule has 6 heteroatoms. The molecule has 1 aliphatic carbocycles. The van der Waals surface area contributed by atoms with Crippen LogP contribution in [0.3, 0.4) is 0 Å². The fraction of sp³-hybridized carbons (Fsp3) is 0.500. The Morgan fingerprint density at radius 2 is 2.10 bits per heavy atom. The van der Waals surface area contributed by atoms with Crippen molar-refractivity contribution in [1.29, 1.82) is 5.26 Å². The summed E-state index contributed by atoms with van der Waals surface area (Å²) in [6.45, 7) is 0. The largest absolute Gasteiger partial charge is 0.391 e. The van der Waals surface area contributed by atoms with E-state index >= 15 is 0 Å². The third-order valence-electron chi connectivity index (χ3n) is 3.65. The molecule has 20 heavy (non-hydrogen) atoms. The second-order valence-corrected chi connectivity index (χ2v) is 5.06. The zero-order chi connectivity index (χ0) is 14.5. The molecule has 1 aliphatic rings. The van der Waals surface area contributed by atoms with Crippen LogP contribution in [0.25, 0.3) is 0 Å². The summed E-state index contributed by atoms with van der Waals surface area (Å²) in [4.78, 5) is 10.2. The van der Waals surface area contributed by atoms with Gasteiger partial charge in [0.25, 0.3) is 5.69 Å². The molecule has 1 fully saturated rings. The van der Waals surface area contributed by atoms with Gasteiger partial charge >= 0.3 is 0 Å². The number of anilines is 1. The smallest absolute Gasteiger partial charge is 0.287 e. The molecule has 6 nitrogen and oxygen atoms in total. The van der Waals surface area contributed by atoms with Gasteiger partial charge in [0.15, 0.2) is 0 Å². The molecular formula is C14H17N3O3. The molecule has 2 unspecified atom stereocenters. The van der Waals surface area contributed by atoms with Gasteiger partial charge in [0.05, 0.1) is 17.1 Å². The summed E-state index contributed by atoms with van der Waals surface area (Å²) in [6, 6.07) is 6.14. The zero-order valence-corrected chi connectivity index (χ0v) is 11.1. The quantitative estimate of drug-likeness (QED) is 0.501. The van der Waals surface area contributed by atoms with E-state index in [0.717, 1.165) is 32.1 Å². The van der Waals surface area contributed by atoms with E-state index in [1.807, 2.05) is 6.07 Å². The monoisotopic (exact) mass is 275 g/mol. The number of aliphatic hydroxyl groups excluding tert-OH is 1. The summed E-state index contributed by atoms with van der Waals surface area (Å²) in [5.41, 5.74) is 0.473. The molecule has 2 rings (SSSR count). The molecule has 1 aromatic carbocycles. The average Bonchev–Trinajstić information content (AvgIpc) is 2.64. The van der Waals surface area contributed by atoms with Gasteiger partial charge in [-0.15, -0.1) is 0 Å². The summed E-state index contributed by atoms with van der Waals surface area (Å²) in [6.07, 6.45) is 4.38. The fourth-order valence-electron chi connectivity index (χ4n) is 2.55. The lowest BCUT2D eigenvalue weighted by atomic mass is 10.1. The summed E-state index contributed by atoms with van der Waals surface area (Å²) in [5.74, 6) is 0. The maximum Gasteiger partial charge on any atom is 0.287 e. The number of nitriles is 1. The lowest BCUT2D eigenvalue weighted by Gasteiger charge is -2.23. The number of nitrogens with one attached hydrogen (secondary N) is 1. The average molecular weight is 275 g/mol. The van der Waals surface area contributed by atoms with Crippen LogP contribution in [0.2, 0.25) is 0 Å². The zero-order valence-electron chi connectivity index (χ0n) is 11.1. The van der Waals surface area contributed by atoms with Crippen molar-refractivity contribution in [2.45, 2.75) is 44.2 Å². The van der Waals surface area contributed by atoms with Crippen molar-refractivity contribution in [3.05, 3.63) is 33.9 Å². The van der Waals surface area contributed by atoms with E-state index in [2.05, 4.69) is 5.32 Å². The van der Waals surface area contributed by atoms with Crippen LogP contribution in [0, 0.1) is 21.4 Å². The summed E-state index contributed by atoms with van der Waals surface area (Å²) >= 11 is 0. The second kappa shape index (κ2) is 6.35. The number of hydrogen-bond acceptors (Lipinski definition) is 5. The third-order valence-corrected chi connectivity index (χ3v) is 3.65. The van der Waals surface area contributed by atoms with E-state index in [-0.39, 0.29) is 17.3 Å². The van der Waals surface area contributed by atoms with E-state index in [1.165, 1.54) is 12.1 Å². The Labute approximate surface area is 117 Å². The van der Waals surface area contributed by atoms with E-state index in [0.29, 0.717) is 5.69 Å². The Hall–Kier alpha value is -2.13. The van der Waals surface area contributed by atoms with E-state index in [9.17, 15) is 15.2 Å². The van der Waals surface area contributed by atoms with Crippen molar-refractivity contribution >= 4 is 11.4 Å². The van der Waals surface area contributed by atoms with Gasteiger partial charge in [0.2, 0.25) is 0 Å². The number of nitro benzene ring substituents is 1. The van der Waals surface area contributed by atoms with Crippen LogP contribution in [-0.4, -0.2) is 22.2 Å². The van der Waals surface area contributed by atoms with Crippen LogP contribution in [0.1, 0.15) is 37.7 Å². The fourth-order valence-corrected chi connectivity index (χ4v) is 2.55. The normalized spacial score (nSPS) is 22.6. The van der Waals surface area contributed by atoms with Gasteiger partial charge in [0, 0.05) is 11.8 Å². The van der Waals surface area contributed by atoms with Crippen molar-refractivity contribution in [3.63, 3.8) is 0 Å². The van der Waals surface area contributed by atoms with E-state index < -0.39 is 11.0 Å². The van der Waals surface area contributed by atoms with Gasteiger partial charge in [-0.3, -0.25) is 10.1 Å². The van der Waals surface area contributed by atoms with Crippen LogP contribution in [0.4, 0.5) is 11.4 Å². The highest BCUT2D eigenvalue weighted by atomic mass is 16.6. The molecule has 0 heterocycles. The summed E-state index contributed by atoms with van der Waals surface area (Å²) in [7, 11) is 0. The molecule has 0 bridgehead atoms. The van der Waals surface area contributed by atoms with Gasteiger partial charge in [-0.2, -0.15) is 5.26 Å². The predicted molar refractivity (Wildman–Crippen MR) is 74.3 cm³/mol. The molecule has 1 saturated carbocycles. The molecule has 0 saturated heterocycles. The van der Waals surface area contributed by atoms with Gasteiger partial charge in [-0.05, 0) is 25.0 Å². The molecule has 0 spiro atoms. The lowest BCUT2D eigenvalue weighted by molar-refractivity contribution is -0.385. The second-order valence-electron chi connectivity index (χ2n) is 5.06. The lowest BCUT2D eigenvalue weighted by Crippen LogP contribution is -2.32. The highest BCUT2D eigenvalue weighted by molar-refractivity contribution is 5.59. The maximum atomic E-state index is 10.8. The molecule has 0 aromatic heterocycles. The van der Waals surface area contributed by atoms with Crippen LogP contribution >= 0.6 is 0 Å². The number of rotatable bonds is 3.